The number of carboxylic acids is 1. The van der Waals surface area contributed by atoms with Crippen LogP contribution in [-0.4, -0.2) is 27.6 Å². The molecule has 5 rings (SSSR count). The number of pyridine rings is 1. The van der Waals surface area contributed by atoms with Crippen LogP contribution >= 0.6 is 0 Å². The number of carboxylic acid groups (broad SMARTS) is 1. The van der Waals surface area contributed by atoms with Crippen molar-refractivity contribution in [1.82, 2.24) is 4.98 Å². The number of anilines is 1. The SMILES string of the molecule is Nc1cccc2ccc(C3C(=O)c4cc5cccc(C(=O)O)c5cc4C3=O)nc12. The van der Waals surface area contributed by atoms with E-state index in [9.17, 15) is 19.5 Å². The van der Waals surface area contributed by atoms with Crippen LogP contribution in [0, 0.1) is 0 Å². The monoisotopic (exact) mass is 382 g/mol. The second-order valence-electron chi connectivity index (χ2n) is 7.05. The van der Waals surface area contributed by atoms with Gasteiger partial charge in [-0.25, -0.2) is 9.78 Å². The topological polar surface area (TPSA) is 110 Å². The number of aromatic carboxylic acids is 1. The molecule has 1 unspecified atom stereocenters. The van der Waals surface area contributed by atoms with Crippen molar-refractivity contribution >= 4 is 44.9 Å². The lowest BCUT2D eigenvalue weighted by atomic mass is 9.98. The predicted octanol–water partition coefficient (Wildman–Crippen LogP) is 3.83. The van der Waals surface area contributed by atoms with Crippen LogP contribution in [0.15, 0.2) is 60.7 Å². The van der Waals surface area contributed by atoms with E-state index < -0.39 is 11.9 Å². The standard InChI is InChI=1S/C23H14N2O4/c24-17-6-2-3-11-7-8-18(25-20(11)17)19-21(26)15-9-12-4-1-5-13(23(28)29)14(12)10-16(15)22(19)27/h1-10,19H,24H2,(H,28,29). The van der Waals surface area contributed by atoms with Gasteiger partial charge in [0.15, 0.2) is 11.6 Å². The van der Waals surface area contributed by atoms with Crippen LogP contribution in [0.2, 0.25) is 0 Å². The molecule has 0 bridgehead atoms. The van der Waals surface area contributed by atoms with E-state index in [1.807, 2.05) is 12.1 Å². The highest BCUT2D eigenvalue weighted by Gasteiger charge is 2.41. The summed E-state index contributed by atoms with van der Waals surface area (Å²) in [4.78, 5) is 42.2. The van der Waals surface area contributed by atoms with Gasteiger partial charge in [-0.1, -0.05) is 30.3 Å². The molecule has 3 N–H and O–H groups in total. The number of ketones is 2. The quantitative estimate of drug-likeness (QED) is 0.403. The number of hydrogen-bond acceptors (Lipinski definition) is 5. The van der Waals surface area contributed by atoms with Gasteiger partial charge in [0.25, 0.3) is 0 Å². The number of hydrogen-bond donors (Lipinski definition) is 2. The molecule has 1 aliphatic rings. The molecule has 0 saturated heterocycles. The van der Waals surface area contributed by atoms with Crippen molar-refractivity contribution in [3.8, 4) is 0 Å². The maximum Gasteiger partial charge on any atom is 0.336 e. The minimum atomic E-state index is -1.09. The zero-order chi connectivity index (χ0) is 20.3. The summed E-state index contributed by atoms with van der Waals surface area (Å²) in [5.41, 5.74) is 7.95. The summed E-state index contributed by atoms with van der Waals surface area (Å²) in [6, 6.07) is 16.7. The average Bonchev–Trinajstić information content (AvgIpc) is 2.96. The summed E-state index contributed by atoms with van der Waals surface area (Å²) < 4.78 is 0. The van der Waals surface area contributed by atoms with Gasteiger partial charge in [0.1, 0.15) is 5.92 Å². The molecule has 6 nitrogen and oxygen atoms in total. The Kier molecular flexibility index (Phi) is 3.51. The second kappa shape index (κ2) is 5.97. The molecule has 3 aromatic carbocycles. The average molecular weight is 382 g/mol. The first-order chi connectivity index (χ1) is 14.0. The van der Waals surface area contributed by atoms with E-state index in [4.69, 9.17) is 5.73 Å². The van der Waals surface area contributed by atoms with E-state index in [0.717, 1.165) is 5.39 Å². The van der Waals surface area contributed by atoms with Crippen LogP contribution < -0.4 is 5.73 Å². The van der Waals surface area contributed by atoms with Crippen LogP contribution in [0.5, 0.6) is 0 Å². The number of Topliss-reactive ketones (excluding diaryl/α,β-unsaturated/α-hetero) is 2. The number of carbonyl (C=O) groups is 3. The zero-order valence-electron chi connectivity index (χ0n) is 15.0. The fourth-order valence-electron chi connectivity index (χ4n) is 3.96. The molecule has 1 atom stereocenters. The van der Waals surface area contributed by atoms with E-state index in [1.165, 1.54) is 12.1 Å². The maximum atomic E-state index is 13.1. The summed E-state index contributed by atoms with van der Waals surface area (Å²) in [6.07, 6.45) is 0. The van der Waals surface area contributed by atoms with Crippen LogP contribution in [0.25, 0.3) is 21.7 Å². The van der Waals surface area contributed by atoms with Crippen molar-refractivity contribution in [2.75, 3.05) is 5.73 Å². The number of aromatic nitrogens is 1. The number of benzene rings is 3. The van der Waals surface area contributed by atoms with E-state index in [0.29, 0.717) is 27.7 Å². The Bertz CT molecular complexity index is 1390. The van der Waals surface area contributed by atoms with Crippen molar-refractivity contribution in [3.05, 3.63) is 83.0 Å². The van der Waals surface area contributed by atoms with Gasteiger partial charge in [0, 0.05) is 16.5 Å². The Morgan fingerprint density at radius 3 is 2.34 bits per heavy atom. The Morgan fingerprint density at radius 1 is 0.897 bits per heavy atom. The lowest BCUT2D eigenvalue weighted by molar-refractivity contribution is 0.0698. The molecule has 0 radical (unpaired) electrons. The molecule has 0 saturated carbocycles. The molecule has 0 fully saturated rings. The Balaban J connectivity index is 1.69. The van der Waals surface area contributed by atoms with Gasteiger partial charge in [-0.05, 0) is 41.1 Å². The van der Waals surface area contributed by atoms with E-state index in [2.05, 4.69) is 4.98 Å². The molecule has 6 heteroatoms. The minimum Gasteiger partial charge on any atom is -0.478 e. The fourth-order valence-corrected chi connectivity index (χ4v) is 3.96. The van der Waals surface area contributed by atoms with Crippen LogP contribution in [0.4, 0.5) is 5.69 Å². The molecule has 4 aromatic rings. The van der Waals surface area contributed by atoms with Gasteiger partial charge in [0.05, 0.1) is 22.5 Å². The Labute approximate surface area is 164 Å². The van der Waals surface area contributed by atoms with Crippen LogP contribution in [0.3, 0.4) is 0 Å². The number of fused-ring (bicyclic) bond motifs is 3. The Morgan fingerprint density at radius 2 is 1.59 bits per heavy atom. The first-order valence-electron chi connectivity index (χ1n) is 8.99. The van der Waals surface area contributed by atoms with E-state index >= 15 is 0 Å². The number of nitrogen functional groups attached to an aromatic ring is 1. The summed E-state index contributed by atoms with van der Waals surface area (Å²) in [5, 5.41) is 11.3. The lowest BCUT2D eigenvalue weighted by Crippen LogP contribution is -2.14. The van der Waals surface area contributed by atoms with Gasteiger partial charge in [-0.2, -0.15) is 0 Å². The smallest absolute Gasteiger partial charge is 0.336 e. The van der Waals surface area contributed by atoms with Crippen molar-refractivity contribution < 1.29 is 19.5 Å². The first kappa shape index (κ1) is 17.1. The third-order valence-corrected chi connectivity index (χ3v) is 5.37. The number of carbonyl (C=O) groups excluding carboxylic acids is 2. The van der Waals surface area contributed by atoms with Crippen molar-refractivity contribution in [3.63, 3.8) is 0 Å². The normalized spacial score (nSPS) is 15.8. The zero-order valence-corrected chi connectivity index (χ0v) is 15.0. The second-order valence-corrected chi connectivity index (χ2v) is 7.05. The molecule has 0 spiro atoms. The van der Waals surface area contributed by atoms with Crippen molar-refractivity contribution in [1.29, 1.82) is 0 Å². The van der Waals surface area contributed by atoms with E-state index in [1.54, 1.807) is 36.4 Å². The molecule has 1 heterocycles. The lowest BCUT2D eigenvalue weighted by Gasteiger charge is -2.09. The summed E-state index contributed by atoms with van der Waals surface area (Å²) in [5.74, 6) is -2.86. The molecule has 0 amide bonds. The molecular formula is C23H14N2O4. The highest BCUT2D eigenvalue weighted by molar-refractivity contribution is 6.31. The van der Waals surface area contributed by atoms with Crippen LogP contribution in [-0.2, 0) is 0 Å². The molecule has 140 valence electrons. The minimum absolute atomic E-state index is 0.0885. The van der Waals surface area contributed by atoms with Gasteiger partial charge < -0.3 is 10.8 Å². The number of nitrogens with zero attached hydrogens (tertiary/aromatic N) is 1. The maximum absolute atomic E-state index is 13.1. The molecule has 29 heavy (non-hydrogen) atoms. The van der Waals surface area contributed by atoms with Gasteiger partial charge >= 0.3 is 5.97 Å². The third-order valence-electron chi connectivity index (χ3n) is 5.37. The molecule has 1 aromatic heterocycles. The molecule has 1 aliphatic carbocycles. The van der Waals surface area contributed by atoms with Gasteiger partial charge in [-0.3, -0.25) is 9.59 Å². The largest absolute Gasteiger partial charge is 0.478 e. The molecular weight excluding hydrogens is 368 g/mol. The van der Waals surface area contributed by atoms with Crippen molar-refractivity contribution in [2.45, 2.75) is 5.92 Å². The predicted molar refractivity (Wildman–Crippen MR) is 108 cm³/mol. The fraction of sp³-hybridized carbons (Fsp3) is 0.0435. The Hall–Kier alpha value is -4.06. The highest BCUT2D eigenvalue weighted by Crippen LogP contribution is 2.37. The van der Waals surface area contributed by atoms with Crippen LogP contribution in [0.1, 0.15) is 42.7 Å². The van der Waals surface area contributed by atoms with Gasteiger partial charge in [0.2, 0.25) is 0 Å². The number of nitrogens with two attached hydrogens (primary N) is 1. The third kappa shape index (κ3) is 2.42. The first-order valence-corrected chi connectivity index (χ1v) is 8.99. The summed E-state index contributed by atoms with van der Waals surface area (Å²) in [6.45, 7) is 0. The number of para-hydroxylation sites is 1. The molecule has 0 aliphatic heterocycles. The summed E-state index contributed by atoms with van der Waals surface area (Å²) in [7, 11) is 0. The van der Waals surface area contributed by atoms with Gasteiger partial charge in [-0.15, -0.1) is 0 Å². The van der Waals surface area contributed by atoms with Crippen molar-refractivity contribution in [2.24, 2.45) is 0 Å². The number of rotatable bonds is 2. The summed E-state index contributed by atoms with van der Waals surface area (Å²) >= 11 is 0. The highest BCUT2D eigenvalue weighted by atomic mass is 16.4. The van der Waals surface area contributed by atoms with E-state index in [-0.39, 0.29) is 28.3 Å².